The lowest BCUT2D eigenvalue weighted by atomic mass is 10.0. The number of ether oxygens (including phenoxy) is 1. The van der Waals surface area contributed by atoms with Crippen LogP contribution in [-0.4, -0.2) is 27.5 Å². The Morgan fingerprint density at radius 3 is 2.96 bits per heavy atom. The van der Waals surface area contributed by atoms with E-state index in [1.54, 1.807) is 29.8 Å². The molecule has 0 radical (unpaired) electrons. The van der Waals surface area contributed by atoms with E-state index in [0.717, 1.165) is 11.8 Å². The lowest BCUT2D eigenvalue weighted by molar-refractivity contribution is -0.114. The number of allylic oxidation sites excluding steroid dienone is 1. The van der Waals surface area contributed by atoms with Gasteiger partial charge in [-0.25, -0.2) is 4.98 Å². The number of aromatic nitrogens is 1. The number of benzene rings is 1. The zero-order valence-corrected chi connectivity index (χ0v) is 15.8. The number of thiazole rings is 1. The molecular weight excluding hydrogens is 412 g/mol. The van der Waals surface area contributed by atoms with Crippen LogP contribution < -0.4 is 4.74 Å². The fourth-order valence-corrected chi connectivity index (χ4v) is 4.55. The molecular formula is C16H13BrN2O3S2. The molecule has 1 aliphatic rings. The van der Waals surface area contributed by atoms with Gasteiger partial charge in [-0.3, -0.25) is 10.2 Å². The van der Waals surface area contributed by atoms with Gasteiger partial charge in [-0.05, 0) is 46.6 Å². The zero-order valence-electron chi connectivity index (χ0n) is 12.6. The number of hydrogen-bond donors (Lipinski definition) is 2. The molecule has 124 valence electrons. The Morgan fingerprint density at radius 1 is 1.50 bits per heavy atom. The van der Waals surface area contributed by atoms with Crippen molar-refractivity contribution in [1.29, 1.82) is 5.41 Å². The molecule has 2 N–H and O–H groups in total. The van der Waals surface area contributed by atoms with E-state index in [4.69, 9.17) is 10.1 Å². The summed E-state index contributed by atoms with van der Waals surface area (Å²) in [5.41, 5.74) is 0.714. The average Bonchev–Trinajstić information content (AvgIpc) is 3.13. The summed E-state index contributed by atoms with van der Waals surface area (Å²) in [5.74, 6) is -0.353. The Bertz CT molecular complexity index is 834. The van der Waals surface area contributed by atoms with Gasteiger partial charge in [-0.2, -0.15) is 0 Å². The van der Waals surface area contributed by atoms with Crippen molar-refractivity contribution >= 4 is 55.9 Å². The summed E-state index contributed by atoms with van der Waals surface area (Å²) in [7, 11) is 0. The second-order valence-electron chi connectivity index (χ2n) is 4.92. The summed E-state index contributed by atoms with van der Waals surface area (Å²) < 4.78 is 5.89. The second-order valence-corrected chi connectivity index (χ2v) is 7.79. The van der Waals surface area contributed by atoms with E-state index in [0.29, 0.717) is 32.3 Å². The van der Waals surface area contributed by atoms with Crippen LogP contribution in [0.5, 0.6) is 11.5 Å². The van der Waals surface area contributed by atoms with Gasteiger partial charge in [0.2, 0.25) is 0 Å². The summed E-state index contributed by atoms with van der Waals surface area (Å²) in [5, 5.41) is 20.8. The first-order valence-corrected chi connectivity index (χ1v) is 9.57. The molecule has 2 heterocycles. The predicted octanol–water partition coefficient (Wildman–Crippen LogP) is 4.43. The third-order valence-electron chi connectivity index (χ3n) is 3.33. The highest BCUT2D eigenvalue weighted by atomic mass is 79.9. The molecule has 1 atom stereocenters. The topological polar surface area (TPSA) is 83.3 Å². The van der Waals surface area contributed by atoms with Gasteiger partial charge in [0.05, 0.1) is 21.0 Å². The van der Waals surface area contributed by atoms with Gasteiger partial charge >= 0.3 is 0 Å². The maximum absolute atomic E-state index is 12.6. The number of aromatic hydroxyl groups is 1. The fourth-order valence-electron chi connectivity index (χ4n) is 2.28. The minimum Gasteiger partial charge on any atom is -0.503 e. The van der Waals surface area contributed by atoms with Crippen LogP contribution in [0.15, 0.2) is 33.1 Å². The Morgan fingerprint density at radius 2 is 2.29 bits per heavy atom. The summed E-state index contributed by atoms with van der Waals surface area (Å²) in [4.78, 5) is 17.3. The molecule has 1 aliphatic heterocycles. The molecule has 0 saturated carbocycles. The highest BCUT2D eigenvalue weighted by Gasteiger charge is 2.38. The van der Waals surface area contributed by atoms with E-state index in [9.17, 15) is 9.90 Å². The van der Waals surface area contributed by atoms with Crippen LogP contribution in [0, 0.1) is 5.41 Å². The Hall–Kier alpha value is -1.64. The van der Waals surface area contributed by atoms with Gasteiger partial charge in [0, 0.05) is 11.6 Å². The van der Waals surface area contributed by atoms with E-state index in [1.165, 1.54) is 11.3 Å². The monoisotopic (exact) mass is 424 g/mol. The van der Waals surface area contributed by atoms with Gasteiger partial charge in [0.15, 0.2) is 17.3 Å². The first-order valence-electron chi connectivity index (χ1n) is 7.08. The average molecular weight is 425 g/mol. The molecule has 2 aromatic rings. The smallest absolute Gasteiger partial charge is 0.186 e. The van der Waals surface area contributed by atoms with Crippen molar-refractivity contribution in [3.05, 3.63) is 43.7 Å². The Kier molecular flexibility index (Phi) is 5.07. The van der Waals surface area contributed by atoms with Gasteiger partial charge in [-0.15, -0.1) is 11.3 Å². The Balaban J connectivity index is 1.95. The SMILES string of the molecule is CCOc1cc(/C=C2\SC(=N)[C@H](c3nccs3)C2=O)cc(Br)c1O. The third kappa shape index (κ3) is 3.26. The number of rotatable bonds is 4. The van der Waals surface area contributed by atoms with E-state index >= 15 is 0 Å². The van der Waals surface area contributed by atoms with Crippen LogP contribution in [0.25, 0.3) is 6.08 Å². The van der Waals surface area contributed by atoms with Gasteiger partial charge < -0.3 is 9.84 Å². The Labute approximate surface area is 155 Å². The number of Topliss-reactive ketones (excluding diaryl/α,β-unsaturated/α-hetero) is 1. The summed E-state index contributed by atoms with van der Waals surface area (Å²) in [6, 6.07) is 3.38. The number of carbonyl (C=O) groups excluding carboxylic acids is 1. The minimum atomic E-state index is -0.604. The molecule has 24 heavy (non-hydrogen) atoms. The molecule has 3 rings (SSSR count). The van der Waals surface area contributed by atoms with E-state index in [1.807, 2.05) is 6.92 Å². The molecule has 1 aromatic carbocycles. The van der Waals surface area contributed by atoms with Gasteiger partial charge in [-0.1, -0.05) is 11.8 Å². The number of ketones is 1. The molecule has 1 aromatic heterocycles. The van der Waals surface area contributed by atoms with Crippen LogP contribution in [0.4, 0.5) is 0 Å². The molecule has 1 fully saturated rings. The molecule has 0 bridgehead atoms. The first kappa shape index (κ1) is 17.2. The van der Waals surface area contributed by atoms with E-state index in [2.05, 4.69) is 20.9 Å². The highest BCUT2D eigenvalue weighted by molar-refractivity contribution is 9.10. The summed E-state index contributed by atoms with van der Waals surface area (Å²) >= 11 is 5.81. The highest BCUT2D eigenvalue weighted by Crippen LogP contribution is 2.42. The van der Waals surface area contributed by atoms with E-state index < -0.39 is 5.92 Å². The lowest BCUT2D eigenvalue weighted by Gasteiger charge is -2.09. The van der Waals surface area contributed by atoms with Crippen LogP contribution in [0.3, 0.4) is 0 Å². The van der Waals surface area contributed by atoms with Crippen molar-refractivity contribution in [3.63, 3.8) is 0 Å². The standard InChI is InChI=1S/C16H13BrN2O3S2/c1-2-22-10-6-8(5-9(17)13(10)20)7-11-14(21)12(15(18)24-11)16-19-3-4-23-16/h3-7,12,18,20H,2H2,1H3/b11-7-,18-15?/t12-/m1/s1. The fraction of sp³-hybridized carbons (Fsp3) is 0.188. The molecule has 0 unspecified atom stereocenters. The molecule has 0 aliphatic carbocycles. The van der Waals surface area contributed by atoms with Crippen LogP contribution in [0.2, 0.25) is 0 Å². The van der Waals surface area contributed by atoms with E-state index in [-0.39, 0.29) is 16.6 Å². The summed E-state index contributed by atoms with van der Waals surface area (Å²) in [6.07, 6.45) is 3.35. The van der Waals surface area contributed by atoms with Crippen molar-refractivity contribution < 1.29 is 14.6 Å². The molecule has 5 nitrogen and oxygen atoms in total. The van der Waals surface area contributed by atoms with Crippen LogP contribution in [0.1, 0.15) is 23.4 Å². The molecule has 0 amide bonds. The molecule has 1 saturated heterocycles. The maximum Gasteiger partial charge on any atom is 0.186 e. The lowest BCUT2D eigenvalue weighted by Crippen LogP contribution is -2.11. The largest absolute Gasteiger partial charge is 0.503 e. The normalized spacial score (nSPS) is 19.2. The van der Waals surface area contributed by atoms with Crippen LogP contribution >= 0.6 is 39.0 Å². The number of phenols is 1. The third-order valence-corrected chi connectivity index (χ3v) is 5.77. The predicted molar refractivity (Wildman–Crippen MR) is 100 cm³/mol. The second kappa shape index (κ2) is 7.08. The summed E-state index contributed by atoms with van der Waals surface area (Å²) in [6.45, 7) is 2.25. The maximum atomic E-state index is 12.6. The van der Waals surface area contributed by atoms with Crippen LogP contribution in [-0.2, 0) is 4.79 Å². The van der Waals surface area contributed by atoms with Gasteiger partial charge in [0.1, 0.15) is 10.9 Å². The first-order chi connectivity index (χ1) is 11.5. The van der Waals surface area contributed by atoms with Crippen molar-refractivity contribution in [2.45, 2.75) is 12.8 Å². The van der Waals surface area contributed by atoms with Crippen molar-refractivity contribution in [2.75, 3.05) is 6.61 Å². The number of nitrogens with one attached hydrogen (secondary N) is 1. The van der Waals surface area contributed by atoms with Crippen molar-refractivity contribution in [2.24, 2.45) is 0 Å². The number of halogens is 1. The number of nitrogens with zero attached hydrogens (tertiary/aromatic N) is 1. The molecule has 8 heteroatoms. The van der Waals surface area contributed by atoms with Crippen molar-refractivity contribution in [1.82, 2.24) is 4.98 Å². The van der Waals surface area contributed by atoms with Gasteiger partial charge in [0.25, 0.3) is 0 Å². The van der Waals surface area contributed by atoms with Crippen molar-refractivity contribution in [3.8, 4) is 11.5 Å². The zero-order chi connectivity index (χ0) is 17.3. The minimum absolute atomic E-state index is 0.0257. The number of thioether (sulfide) groups is 1. The quantitative estimate of drug-likeness (QED) is 0.709. The molecule has 0 spiro atoms. The number of carbonyl (C=O) groups is 1. The number of phenolic OH excluding ortho intramolecular Hbond substituents is 1. The number of hydrogen-bond acceptors (Lipinski definition) is 7.